The summed E-state index contributed by atoms with van der Waals surface area (Å²) in [4.78, 5) is 24.8. The highest BCUT2D eigenvalue weighted by molar-refractivity contribution is 7.20. The standard InChI is InChI=1S/C20H16ClNO4S/c1-25-20(24)13-6-12-7-14(26-18(12)15(21)8-13)10-22-19(23)17-9-11-4-2-3-5-16(11)27-17/h2-6,8-9,14H,7,10H2,1H3,(H,22,23)/t14-/m1/s1. The van der Waals surface area contributed by atoms with Crippen molar-refractivity contribution >= 4 is 44.9 Å². The normalized spacial score (nSPS) is 15.3. The highest BCUT2D eigenvalue weighted by atomic mass is 35.5. The zero-order valence-electron chi connectivity index (χ0n) is 14.5. The lowest BCUT2D eigenvalue weighted by Crippen LogP contribution is -2.34. The van der Waals surface area contributed by atoms with Gasteiger partial charge in [0.1, 0.15) is 11.9 Å². The predicted octanol–water partition coefficient (Wildman–Crippen LogP) is 4.07. The van der Waals surface area contributed by atoms with Gasteiger partial charge in [-0.3, -0.25) is 4.79 Å². The number of halogens is 1. The van der Waals surface area contributed by atoms with Crippen LogP contribution in [0, 0.1) is 0 Å². The molecule has 0 saturated heterocycles. The molecular formula is C20H16ClNO4S. The Labute approximate surface area is 164 Å². The first-order chi connectivity index (χ1) is 13.0. The summed E-state index contributed by atoms with van der Waals surface area (Å²) in [5.74, 6) is -0.0104. The number of nitrogens with one attached hydrogen (secondary N) is 1. The van der Waals surface area contributed by atoms with Crippen molar-refractivity contribution in [2.24, 2.45) is 0 Å². The van der Waals surface area contributed by atoms with Crippen LogP contribution in [0.1, 0.15) is 25.6 Å². The van der Waals surface area contributed by atoms with Crippen LogP contribution in [0.3, 0.4) is 0 Å². The topological polar surface area (TPSA) is 64.6 Å². The van der Waals surface area contributed by atoms with E-state index in [1.54, 1.807) is 6.07 Å². The lowest BCUT2D eigenvalue weighted by molar-refractivity contribution is 0.0600. The number of esters is 1. The average molecular weight is 402 g/mol. The van der Waals surface area contributed by atoms with Crippen LogP contribution in [0.2, 0.25) is 5.02 Å². The molecule has 0 bridgehead atoms. The second kappa shape index (κ2) is 7.21. The van der Waals surface area contributed by atoms with Gasteiger partial charge in [0.25, 0.3) is 5.91 Å². The molecule has 4 rings (SSSR count). The van der Waals surface area contributed by atoms with E-state index in [4.69, 9.17) is 21.1 Å². The highest BCUT2D eigenvalue weighted by Gasteiger charge is 2.27. The zero-order chi connectivity index (χ0) is 19.0. The summed E-state index contributed by atoms with van der Waals surface area (Å²) < 4.78 is 11.7. The quantitative estimate of drug-likeness (QED) is 0.669. The first-order valence-corrected chi connectivity index (χ1v) is 9.59. The summed E-state index contributed by atoms with van der Waals surface area (Å²) in [6.07, 6.45) is 0.329. The zero-order valence-corrected chi connectivity index (χ0v) is 16.0. The molecular weight excluding hydrogens is 386 g/mol. The van der Waals surface area contributed by atoms with Gasteiger partial charge in [0.05, 0.1) is 29.1 Å². The van der Waals surface area contributed by atoms with E-state index in [9.17, 15) is 9.59 Å². The number of rotatable bonds is 4. The summed E-state index contributed by atoms with van der Waals surface area (Å²) in [6.45, 7) is 0.353. The molecule has 1 N–H and O–H groups in total. The molecule has 0 unspecified atom stereocenters. The van der Waals surface area contributed by atoms with Crippen LogP contribution in [0.25, 0.3) is 10.1 Å². The van der Waals surface area contributed by atoms with E-state index in [1.165, 1.54) is 24.5 Å². The monoisotopic (exact) mass is 401 g/mol. The maximum atomic E-state index is 12.4. The van der Waals surface area contributed by atoms with E-state index in [0.717, 1.165) is 15.6 Å². The Morgan fingerprint density at radius 2 is 2.11 bits per heavy atom. The highest BCUT2D eigenvalue weighted by Crippen LogP contribution is 2.37. The number of benzene rings is 2. The van der Waals surface area contributed by atoms with Crippen molar-refractivity contribution in [2.45, 2.75) is 12.5 Å². The molecule has 138 valence electrons. The number of thiophene rings is 1. The molecule has 1 amide bonds. The number of amides is 1. The van der Waals surface area contributed by atoms with E-state index in [0.29, 0.717) is 34.2 Å². The maximum absolute atomic E-state index is 12.4. The molecule has 0 spiro atoms. The number of hydrogen-bond acceptors (Lipinski definition) is 5. The van der Waals surface area contributed by atoms with E-state index in [2.05, 4.69) is 5.32 Å². The van der Waals surface area contributed by atoms with Gasteiger partial charge in [-0.05, 0) is 29.7 Å². The van der Waals surface area contributed by atoms with Crippen molar-refractivity contribution in [3.05, 3.63) is 63.5 Å². The molecule has 0 fully saturated rings. The molecule has 5 nitrogen and oxygen atoms in total. The van der Waals surface area contributed by atoms with Gasteiger partial charge in [-0.1, -0.05) is 29.8 Å². The van der Waals surface area contributed by atoms with Gasteiger partial charge in [-0.25, -0.2) is 4.79 Å². The van der Waals surface area contributed by atoms with Gasteiger partial charge in [0, 0.05) is 16.7 Å². The van der Waals surface area contributed by atoms with Crippen molar-refractivity contribution in [1.82, 2.24) is 5.32 Å². The maximum Gasteiger partial charge on any atom is 0.337 e. The van der Waals surface area contributed by atoms with Gasteiger partial charge >= 0.3 is 5.97 Å². The van der Waals surface area contributed by atoms with Crippen LogP contribution in [-0.4, -0.2) is 31.6 Å². The first kappa shape index (κ1) is 17.8. The minimum absolute atomic E-state index is 0.128. The fourth-order valence-electron chi connectivity index (χ4n) is 3.12. The van der Waals surface area contributed by atoms with Crippen molar-refractivity contribution in [3.8, 4) is 5.75 Å². The first-order valence-electron chi connectivity index (χ1n) is 8.39. The summed E-state index contributed by atoms with van der Waals surface area (Å²) in [5, 5.41) is 4.34. The molecule has 2 aromatic carbocycles. The number of ether oxygens (including phenoxy) is 2. The third-order valence-corrected chi connectivity index (χ3v) is 5.81. The van der Waals surface area contributed by atoms with Gasteiger partial charge in [-0.15, -0.1) is 11.3 Å². The summed E-state index contributed by atoms with van der Waals surface area (Å²) in [5.41, 5.74) is 1.23. The fraction of sp³-hybridized carbons (Fsp3) is 0.200. The van der Waals surface area contributed by atoms with Crippen molar-refractivity contribution in [1.29, 1.82) is 0 Å². The van der Waals surface area contributed by atoms with Gasteiger partial charge < -0.3 is 14.8 Å². The molecule has 0 aliphatic carbocycles. The molecule has 3 aromatic rings. The van der Waals surface area contributed by atoms with Crippen LogP contribution in [0.15, 0.2) is 42.5 Å². The minimum atomic E-state index is -0.443. The lowest BCUT2D eigenvalue weighted by atomic mass is 10.1. The average Bonchev–Trinajstić information content (AvgIpc) is 3.29. The van der Waals surface area contributed by atoms with E-state index in [1.807, 2.05) is 30.3 Å². The molecule has 1 aliphatic rings. The van der Waals surface area contributed by atoms with Crippen LogP contribution in [-0.2, 0) is 11.2 Å². The molecule has 27 heavy (non-hydrogen) atoms. The fourth-order valence-corrected chi connectivity index (χ4v) is 4.39. The molecule has 1 aromatic heterocycles. The van der Waals surface area contributed by atoms with Crippen LogP contribution in [0.4, 0.5) is 0 Å². The van der Waals surface area contributed by atoms with Crippen molar-refractivity contribution < 1.29 is 19.1 Å². The predicted molar refractivity (Wildman–Crippen MR) is 105 cm³/mol. The Morgan fingerprint density at radius 3 is 2.89 bits per heavy atom. The number of carbonyl (C=O) groups is 2. The van der Waals surface area contributed by atoms with Crippen LogP contribution >= 0.6 is 22.9 Å². The largest absolute Gasteiger partial charge is 0.486 e. The second-order valence-electron chi connectivity index (χ2n) is 6.24. The number of methoxy groups -OCH3 is 1. The minimum Gasteiger partial charge on any atom is -0.486 e. The SMILES string of the molecule is COC(=O)c1cc(Cl)c2c(c1)C[C@H](CNC(=O)c1cc3ccccc3s1)O2. The van der Waals surface area contributed by atoms with Gasteiger partial charge in [0.2, 0.25) is 0 Å². The molecule has 2 heterocycles. The summed E-state index contributed by atoms with van der Waals surface area (Å²) in [6, 6.07) is 13.0. The van der Waals surface area contributed by atoms with Crippen LogP contribution < -0.4 is 10.1 Å². The van der Waals surface area contributed by atoms with Crippen LogP contribution in [0.5, 0.6) is 5.75 Å². The third-order valence-electron chi connectivity index (χ3n) is 4.41. The smallest absolute Gasteiger partial charge is 0.337 e. The third kappa shape index (κ3) is 3.50. The van der Waals surface area contributed by atoms with Gasteiger partial charge in [0.15, 0.2) is 0 Å². The molecule has 0 radical (unpaired) electrons. The second-order valence-corrected chi connectivity index (χ2v) is 7.73. The molecule has 1 aliphatic heterocycles. The summed E-state index contributed by atoms with van der Waals surface area (Å²) in [7, 11) is 1.33. The molecule has 0 saturated carbocycles. The Kier molecular flexibility index (Phi) is 4.76. The molecule has 1 atom stereocenters. The van der Waals surface area contributed by atoms with E-state index in [-0.39, 0.29) is 12.0 Å². The number of carbonyl (C=O) groups excluding carboxylic acids is 2. The Bertz CT molecular complexity index is 1010. The van der Waals surface area contributed by atoms with E-state index >= 15 is 0 Å². The lowest BCUT2D eigenvalue weighted by Gasteiger charge is -2.11. The summed E-state index contributed by atoms with van der Waals surface area (Å²) >= 11 is 7.69. The Hall–Kier alpha value is -2.57. The Morgan fingerprint density at radius 1 is 1.30 bits per heavy atom. The van der Waals surface area contributed by atoms with Gasteiger partial charge in [-0.2, -0.15) is 0 Å². The molecule has 7 heteroatoms. The number of fused-ring (bicyclic) bond motifs is 2. The van der Waals surface area contributed by atoms with E-state index < -0.39 is 5.97 Å². The Balaban J connectivity index is 1.42. The number of hydrogen-bond donors (Lipinski definition) is 1. The van der Waals surface area contributed by atoms with Crippen molar-refractivity contribution in [3.63, 3.8) is 0 Å². The van der Waals surface area contributed by atoms with Crippen molar-refractivity contribution in [2.75, 3.05) is 13.7 Å².